The lowest BCUT2D eigenvalue weighted by molar-refractivity contribution is -0.137. The van der Waals surface area contributed by atoms with E-state index in [0.29, 0.717) is 12.3 Å². The summed E-state index contributed by atoms with van der Waals surface area (Å²) in [5.41, 5.74) is 0.354. The van der Waals surface area contributed by atoms with Crippen molar-refractivity contribution >= 4 is 7.12 Å². The maximum atomic E-state index is 12.9. The van der Waals surface area contributed by atoms with Crippen LogP contribution in [0, 0.1) is 5.92 Å². The molecule has 0 N–H and O–H groups in total. The van der Waals surface area contributed by atoms with Crippen molar-refractivity contribution in [3.8, 4) is 0 Å². The molecule has 28 heavy (non-hydrogen) atoms. The van der Waals surface area contributed by atoms with E-state index in [1.54, 1.807) is 12.1 Å². The summed E-state index contributed by atoms with van der Waals surface area (Å²) in [5.74, 6) is 0.484. The molecule has 0 spiro atoms. The minimum Gasteiger partial charge on any atom is -0.400 e. The standard InChI is InChI=1S/C22H30BF3O2/c1-20(2)21(3,4)28-23(27-20)19(14-16-8-6-5-7-9-16)15-17-10-12-18(13-11-17)22(24,25)26/h10-14,16H,5-9,15H2,1-4H3/b19-14+. The molecule has 3 rings (SSSR count). The van der Waals surface area contributed by atoms with Crippen LogP contribution in [0.5, 0.6) is 0 Å². The van der Waals surface area contributed by atoms with Gasteiger partial charge in [0.05, 0.1) is 16.8 Å². The van der Waals surface area contributed by atoms with E-state index in [1.807, 2.05) is 27.7 Å². The summed E-state index contributed by atoms with van der Waals surface area (Å²) in [6.07, 6.45) is 4.49. The molecule has 0 aromatic heterocycles. The van der Waals surface area contributed by atoms with E-state index in [0.717, 1.165) is 36.0 Å². The summed E-state index contributed by atoms with van der Waals surface area (Å²) in [6.45, 7) is 8.07. The third kappa shape index (κ3) is 4.83. The van der Waals surface area contributed by atoms with Gasteiger partial charge in [0.25, 0.3) is 0 Å². The molecule has 154 valence electrons. The van der Waals surface area contributed by atoms with Gasteiger partial charge in [-0.25, -0.2) is 0 Å². The van der Waals surface area contributed by atoms with Crippen LogP contribution in [0.25, 0.3) is 0 Å². The molecule has 0 atom stereocenters. The molecule has 1 heterocycles. The van der Waals surface area contributed by atoms with Gasteiger partial charge in [0.2, 0.25) is 0 Å². The lowest BCUT2D eigenvalue weighted by Crippen LogP contribution is -2.41. The van der Waals surface area contributed by atoms with Crippen LogP contribution >= 0.6 is 0 Å². The Morgan fingerprint density at radius 2 is 1.54 bits per heavy atom. The van der Waals surface area contributed by atoms with Gasteiger partial charge in [-0.05, 0) is 76.0 Å². The molecule has 2 nitrogen and oxygen atoms in total. The van der Waals surface area contributed by atoms with Crippen molar-refractivity contribution in [2.24, 2.45) is 5.92 Å². The molecule has 2 fully saturated rings. The molecule has 1 aromatic rings. The molecular formula is C22H30BF3O2. The van der Waals surface area contributed by atoms with Crippen LogP contribution < -0.4 is 0 Å². The highest BCUT2D eigenvalue weighted by atomic mass is 19.4. The van der Waals surface area contributed by atoms with Gasteiger partial charge in [-0.2, -0.15) is 13.2 Å². The maximum absolute atomic E-state index is 12.9. The van der Waals surface area contributed by atoms with E-state index < -0.39 is 30.1 Å². The normalized spacial score (nSPS) is 23.2. The van der Waals surface area contributed by atoms with Crippen molar-refractivity contribution in [3.05, 3.63) is 46.9 Å². The Morgan fingerprint density at radius 3 is 2.04 bits per heavy atom. The Bertz CT molecular complexity index is 685. The first-order valence-corrected chi connectivity index (χ1v) is 10.2. The number of alkyl halides is 3. The summed E-state index contributed by atoms with van der Waals surface area (Å²) in [7, 11) is -0.464. The third-order valence-electron chi connectivity index (χ3n) is 6.35. The van der Waals surface area contributed by atoms with E-state index in [4.69, 9.17) is 9.31 Å². The average molecular weight is 394 g/mol. The molecule has 6 heteroatoms. The predicted molar refractivity (Wildman–Crippen MR) is 106 cm³/mol. The predicted octanol–water partition coefficient (Wildman–Crippen LogP) is 6.39. The number of benzene rings is 1. The van der Waals surface area contributed by atoms with Crippen molar-refractivity contribution in [1.29, 1.82) is 0 Å². The highest BCUT2D eigenvalue weighted by molar-refractivity contribution is 6.54. The van der Waals surface area contributed by atoms with Gasteiger partial charge >= 0.3 is 13.3 Å². The minimum absolute atomic E-state index is 0.441. The number of hydrogen-bond donors (Lipinski definition) is 0. The van der Waals surface area contributed by atoms with E-state index in [-0.39, 0.29) is 0 Å². The van der Waals surface area contributed by atoms with Crippen molar-refractivity contribution in [1.82, 2.24) is 0 Å². The molecule has 1 saturated heterocycles. The highest BCUT2D eigenvalue weighted by Gasteiger charge is 2.52. The van der Waals surface area contributed by atoms with Crippen LogP contribution in [0.4, 0.5) is 13.2 Å². The van der Waals surface area contributed by atoms with Crippen LogP contribution in [-0.2, 0) is 21.9 Å². The first-order valence-electron chi connectivity index (χ1n) is 10.2. The van der Waals surface area contributed by atoms with Gasteiger partial charge in [-0.1, -0.05) is 37.5 Å². The van der Waals surface area contributed by atoms with Crippen LogP contribution in [0.15, 0.2) is 35.8 Å². The zero-order valence-electron chi connectivity index (χ0n) is 17.2. The van der Waals surface area contributed by atoms with Crippen molar-refractivity contribution in [2.45, 2.75) is 83.6 Å². The molecule has 0 bridgehead atoms. The summed E-state index contributed by atoms with van der Waals surface area (Å²) < 4.78 is 51.1. The van der Waals surface area contributed by atoms with Gasteiger partial charge in [0.15, 0.2) is 0 Å². The maximum Gasteiger partial charge on any atom is 0.490 e. The Labute approximate surface area is 166 Å². The number of allylic oxidation sites excluding steroid dienone is 2. The van der Waals surface area contributed by atoms with Crippen LogP contribution in [-0.4, -0.2) is 18.3 Å². The van der Waals surface area contributed by atoms with Gasteiger partial charge in [-0.3, -0.25) is 0 Å². The quantitative estimate of drug-likeness (QED) is 0.552. The molecule has 1 aromatic carbocycles. The third-order valence-corrected chi connectivity index (χ3v) is 6.35. The summed E-state index contributed by atoms with van der Waals surface area (Å²) in [4.78, 5) is 0. The second-order valence-corrected chi connectivity index (χ2v) is 9.10. The van der Waals surface area contributed by atoms with Crippen molar-refractivity contribution in [2.75, 3.05) is 0 Å². The monoisotopic (exact) mass is 394 g/mol. The van der Waals surface area contributed by atoms with E-state index in [9.17, 15) is 13.2 Å². The van der Waals surface area contributed by atoms with E-state index in [2.05, 4.69) is 6.08 Å². The Kier molecular flexibility index (Phi) is 6.03. The van der Waals surface area contributed by atoms with E-state index in [1.165, 1.54) is 19.3 Å². The molecule has 0 unspecified atom stereocenters. The summed E-state index contributed by atoms with van der Waals surface area (Å²) >= 11 is 0. The van der Waals surface area contributed by atoms with Crippen LogP contribution in [0.1, 0.15) is 70.9 Å². The fraction of sp³-hybridized carbons (Fsp3) is 0.636. The van der Waals surface area contributed by atoms with Crippen LogP contribution in [0.2, 0.25) is 0 Å². The second-order valence-electron chi connectivity index (χ2n) is 9.10. The Balaban J connectivity index is 1.84. The summed E-state index contributed by atoms with van der Waals surface area (Å²) in [5, 5.41) is 0. The lowest BCUT2D eigenvalue weighted by atomic mass is 9.72. The first kappa shape index (κ1) is 21.4. The zero-order valence-corrected chi connectivity index (χ0v) is 17.2. The lowest BCUT2D eigenvalue weighted by Gasteiger charge is -2.32. The largest absolute Gasteiger partial charge is 0.490 e. The number of hydrogen-bond acceptors (Lipinski definition) is 2. The number of rotatable bonds is 4. The Morgan fingerprint density at radius 1 is 1.00 bits per heavy atom. The summed E-state index contributed by atoms with van der Waals surface area (Å²) in [6, 6.07) is 5.42. The fourth-order valence-corrected chi connectivity index (χ4v) is 3.87. The molecular weight excluding hydrogens is 364 g/mol. The van der Waals surface area contributed by atoms with E-state index >= 15 is 0 Å². The number of halogens is 3. The highest BCUT2D eigenvalue weighted by Crippen LogP contribution is 2.40. The fourth-order valence-electron chi connectivity index (χ4n) is 3.87. The molecule has 2 aliphatic rings. The van der Waals surface area contributed by atoms with Gasteiger partial charge < -0.3 is 9.31 Å². The van der Waals surface area contributed by atoms with Crippen LogP contribution in [0.3, 0.4) is 0 Å². The minimum atomic E-state index is -4.31. The van der Waals surface area contributed by atoms with Gasteiger partial charge in [-0.15, -0.1) is 0 Å². The molecule has 1 aliphatic carbocycles. The molecule has 0 radical (unpaired) electrons. The second kappa shape index (κ2) is 7.87. The molecule has 1 aliphatic heterocycles. The zero-order chi connectivity index (χ0) is 20.6. The molecule has 1 saturated carbocycles. The Hall–Kier alpha value is -1.27. The average Bonchev–Trinajstić information content (AvgIpc) is 2.83. The topological polar surface area (TPSA) is 18.5 Å². The molecule has 0 amide bonds. The smallest absolute Gasteiger partial charge is 0.400 e. The van der Waals surface area contributed by atoms with Crippen molar-refractivity contribution < 1.29 is 22.5 Å². The van der Waals surface area contributed by atoms with Gasteiger partial charge in [0, 0.05) is 0 Å². The SMILES string of the molecule is CC1(C)OB(/C(=C/C2CCCCC2)Cc2ccc(C(F)(F)F)cc2)OC1(C)C. The van der Waals surface area contributed by atoms with Crippen molar-refractivity contribution in [3.63, 3.8) is 0 Å². The van der Waals surface area contributed by atoms with Gasteiger partial charge in [0.1, 0.15) is 0 Å². The first-order chi connectivity index (χ1) is 13.0.